The maximum Gasteiger partial charge on any atom is 0.240 e. The number of hydrogen-bond donors (Lipinski definition) is 3. The molecule has 1 fully saturated rings. The van der Waals surface area contributed by atoms with E-state index in [1.165, 1.54) is 19.2 Å². The third kappa shape index (κ3) is 3.61. The first-order valence-corrected chi connectivity index (χ1v) is 8.51. The number of sulfonamides is 1. The first kappa shape index (κ1) is 15.9. The Labute approximate surface area is 125 Å². The fourth-order valence-electron chi connectivity index (χ4n) is 2.73. The summed E-state index contributed by atoms with van der Waals surface area (Å²) in [5, 5.41) is 2.84. The molecule has 1 amide bonds. The van der Waals surface area contributed by atoms with Crippen molar-refractivity contribution in [3.05, 3.63) is 24.3 Å². The first-order valence-electron chi connectivity index (χ1n) is 7.02. The lowest BCUT2D eigenvalue weighted by molar-refractivity contribution is -0.120. The summed E-state index contributed by atoms with van der Waals surface area (Å²) in [5.41, 5.74) is 6.28. The van der Waals surface area contributed by atoms with Gasteiger partial charge in [0.1, 0.15) is 0 Å². The molecule has 1 aromatic rings. The quantitative estimate of drug-likeness (QED) is 0.752. The van der Waals surface area contributed by atoms with Crippen molar-refractivity contribution >= 4 is 21.6 Å². The Hall–Kier alpha value is -1.44. The third-order valence-corrected chi connectivity index (χ3v) is 5.43. The number of anilines is 1. The number of carbonyl (C=O) groups is 1. The van der Waals surface area contributed by atoms with Crippen LogP contribution >= 0.6 is 0 Å². The molecule has 0 aromatic heterocycles. The van der Waals surface area contributed by atoms with Crippen molar-refractivity contribution in [2.45, 2.75) is 24.2 Å². The number of rotatable bonds is 5. The Balaban J connectivity index is 2.05. The number of benzene rings is 1. The highest BCUT2D eigenvalue weighted by Crippen LogP contribution is 2.31. The molecule has 0 spiro atoms. The summed E-state index contributed by atoms with van der Waals surface area (Å²) < 4.78 is 25.5. The van der Waals surface area contributed by atoms with E-state index in [4.69, 9.17) is 5.73 Å². The lowest BCUT2D eigenvalue weighted by Gasteiger charge is -2.17. The van der Waals surface area contributed by atoms with Crippen LogP contribution in [-0.4, -0.2) is 27.9 Å². The number of nitrogens with one attached hydrogen (secondary N) is 2. The summed E-state index contributed by atoms with van der Waals surface area (Å²) >= 11 is 0. The molecule has 21 heavy (non-hydrogen) atoms. The van der Waals surface area contributed by atoms with Gasteiger partial charge in [-0.3, -0.25) is 4.79 Å². The summed E-state index contributed by atoms with van der Waals surface area (Å²) in [4.78, 5) is 12.4. The van der Waals surface area contributed by atoms with Crippen molar-refractivity contribution < 1.29 is 13.2 Å². The molecule has 0 saturated heterocycles. The van der Waals surface area contributed by atoms with Crippen LogP contribution in [0, 0.1) is 11.8 Å². The Bertz CT molecular complexity index is 598. The number of nitrogens with two attached hydrogens (primary N) is 1. The number of hydrogen-bond acceptors (Lipinski definition) is 4. The van der Waals surface area contributed by atoms with Gasteiger partial charge in [-0.25, -0.2) is 13.1 Å². The molecule has 4 N–H and O–H groups in total. The molecule has 7 heteroatoms. The van der Waals surface area contributed by atoms with E-state index in [0.717, 1.165) is 19.3 Å². The van der Waals surface area contributed by atoms with E-state index in [9.17, 15) is 13.2 Å². The maximum atomic E-state index is 12.2. The van der Waals surface area contributed by atoms with Crippen molar-refractivity contribution in [2.75, 3.05) is 18.9 Å². The molecule has 2 unspecified atom stereocenters. The van der Waals surface area contributed by atoms with Crippen molar-refractivity contribution in [1.29, 1.82) is 0 Å². The zero-order chi connectivity index (χ0) is 15.5. The van der Waals surface area contributed by atoms with Gasteiger partial charge in [0, 0.05) is 11.6 Å². The summed E-state index contributed by atoms with van der Waals surface area (Å²) in [5.74, 6) is 0.164. The maximum absolute atomic E-state index is 12.2. The molecule has 1 aliphatic carbocycles. The van der Waals surface area contributed by atoms with Crippen LogP contribution in [0.15, 0.2) is 29.2 Å². The predicted molar refractivity (Wildman–Crippen MR) is 81.2 cm³/mol. The van der Waals surface area contributed by atoms with E-state index < -0.39 is 10.0 Å². The molecule has 1 aliphatic rings. The molecule has 1 saturated carbocycles. The molecule has 0 aliphatic heterocycles. The lowest BCUT2D eigenvalue weighted by atomic mass is 9.95. The normalized spacial score (nSPS) is 22.2. The minimum Gasteiger partial charge on any atom is -0.330 e. The standard InChI is InChI=1S/C14H21N3O3S/c1-16-21(19,20)12-7-5-11(6-8-12)17-14(18)13-4-2-3-10(13)9-15/h5-8,10,13,16H,2-4,9,15H2,1H3,(H,17,18). The topological polar surface area (TPSA) is 101 Å². The second-order valence-electron chi connectivity index (χ2n) is 5.25. The number of amides is 1. The van der Waals surface area contributed by atoms with Crippen molar-refractivity contribution in [1.82, 2.24) is 4.72 Å². The summed E-state index contributed by atoms with van der Waals surface area (Å²) in [6.45, 7) is 0.525. The summed E-state index contributed by atoms with van der Waals surface area (Å²) in [6, 6.07) is 6.12. The Kier molecular flexibility index (Phi) is 4.97. The van der Waals surface area contributed by atoms with Crippen LogP contribution in [0.5, 0.6) is 0 Å². The Morgan fingerprint density at radius 2 is 1.95 bits per heavy atom. The molecule has 2 rings (SSSR count). The zero-order valence-corrected chi connectivity index (χ0v) is 12.8. The van der Waals surface area contributed by atoms with Gasteiger partial charge >= 0.3 is 0 Å². The molecular weight excluding hydrogens is 290 g/mol. The van der Waals surface area contributed by atoms with Gasteiger partial charge in [0.25, 0.3) is 0 Å². The van der Waals surface area contributed by atoms with Crippen LogP contribution in [0.1, 0.15) is 19.3 Å². The largest absolute Gasteiger partial charge is 0.330 e. The van der Waals surface area contributed by atoms with Crippen LogP contribution in [0.4, 0.5) is 5.69 Å². The van der Waals surface area contributed by atoms with Gasteiger partial charge in [-0.05, 0) is 56.6 Å². The van der Waals surface area contributed by atoms with Crippen LogP contribution < -0.4 is 15.8 Å². The fraction of sp³-hybridized carbons (Fsp3) is 0.500. The second-order valence-corrected chi connectivity index (χ2v) is 7.14. The highest BCUT2D eigenvalue weighted by Gasteiger charge is 2.31. The van der Waals surface area contributed by atoms with Crippen molar-refractivity contribution in [3.63, 3.8) is 0 Å². The third-order valence-electron chi connectivity index (χ3n) is 4.00. The van der Waals surface area contributed by atoms with Crippen LogP contribution in [-0.2, 0) is 14.8 Å². The average Bonchev–Trinajstić information content (AvgIpc) is 2.96. The van der Waals surface area contributed by atoms with Gasteiger partial charge in [0.2, 0.25) is 15.9 Å². The van der Waals surface area contributed by atoms with E-state index in [-0.39, 0.29) is 22.6 Å². The van der Waals surface area contributed by atoms with Gasteiger partial charge < -0.3 is 11.1 Å². The van der Waals surface area contributed by atoms with E-state index >= 15 is 0 Å². The minimum absolute atomic E-state index is 0.0350. The summed E-state index contributed by atoms with van der Waals surface area (Å²) in [7, 11) is -2.09. The fourth-order valence-corrected chi connectivity index (χ4v) is 3.46. The lowest BCUT2D eigenvalue weighted by Crippen LogP contribution is -2.29. The Morgan fingerprint density at radius 3 is 2.52 bits per heavy atom. The van der Waals surface area contributed by atoms with Crippen molar-refractivity contribution in [2.24, 2.45) is 17.6 Å². The molecule has 1 aromatic carbocycles. The van der Waals surface area contributed by atoms with Gasteiger partial charge in [-0.15, -0.1) is 0 Å². The molecule has 0 bridgehead atoms. The Morgan fingerprint density at radius 1 is 1.29 bits per heavy atom. The molecule has 0 radical (unpaired) electrons. The van der Waals surface area contributed by atoms with E-state index in [2.05, 4.69) is 10.0 Å². The molecule has 116 valence electrons. The van der Waals surface area contributed by atoms with Crippen molar-refractivity contribution in [3.8, 4) is 0 Å². The van der Waals surface area contributed by atoms with E-state index in [1.807, 2.05) is 0 Å². The molecule has 6 nitrogen and oxygen atoms in total. The SMILES string of the molecule is CNS(=O)(=O)c1ccc(NC(=O)C2CCCC2CN)cc1. The highest BCUT2D eigenvalue weighted by molar-refractivity contribution is 7.89. The van der Waals surface area contributed by atoms with Gasteiger partial charge in [0.15, 0.2) is 0 Å². The first-order chi connectivity index (χ1) is 9.97. The monoisotopic (exact) mass is 311 g/mol. The van der Waals surface area contributed by atoms with Crippen LogP contribution in [0.3, 0.4) is 0 Å². The average molecular weight is 311 g/mol. The van der Waals surface area contributed by atoms with Gasteiger partial charge in [0.05, 0.1) is 4.90 Å². The van der Waals surface area contributed by atoms with Gasteiger partial charge in [-0.2, -0.15) is 0 Å². The van der Waals surface area contributed by atoms with E-state index in [1.54, 1.807) is 12.1 Å². The minimum atomic E-state index is -3.45. The molecule has 0 heterocycles. The summed E-state index contributed by atoms with van der Waals surface area (Å²) in [6.07, 6.45) is 2.88. The predicted octanol–water partition coefficient (Wildman–Crippen LogP) is 0.908. The molecule has 2 atom stereocenters. The van der Waals surface area contributed by atoms with Crippen LogP contribution in [0.25, 0.3) is 0 Å². The zero-order valence-electron chi connectivity index (χ0n) is 12.0. The molecular formula is C14H21N3O3S. The van der Waals surface area contributed by atoms with E-state index in [0.29, 0.717) is 12.2 Å². The second kappa shape index (κ2) is 6.55. The van der Waals surface area contributed by atoms with Crippen LogP contribution in [0.2, 0.25) is 0 Å². The number of carbonyl (C=O) groups excluding carboxylic acids is 1. The smallest absolute Gasteiger partial charge is 0.240 e. The van der Waals surface area contributed by atoms with Gasteiger partial charge in [-0.1, -0.05) is 6.42 Å². The highest BCUT2D eigenvalue weighted by atomic mass is 32.2.